The van der Waals surface area contributed by atoms with Crippen LogP contribution in [0.25, 0.3) is 0 Å². The topological polar surface area (TPSA) is 46.0 Å². The molecule has 2 aromatic rings. The fourth-order valence-electron chi connectivity index (χ4n) is 1.98. The van der Waals surface area contributed by atoms with Crippen LogP contribution < -0.4 is 0 Å². The van der Waals surface area contributed by atoms with Crippen LogP contribution in [0.2, 0.25) is 0 Å². The molecule has 102 valence electrons. The number of rotatable bonds is 3. The molecule has 0 saturated heterocycles. The first-order valence-electron chi connectivity index (χ1n) is 6.53. The smallest absolute Gasteiger partial charge is 0.117 e. The molecule has 1 heterocycles. The molecule has 19 heavy (non-hydrogen) atoms. The van der Waals surface area contributed by atoms with Gasteiger partial charge in [-0.3, -0.25) is 0 Å². The van der Waals surface area contributed by atoms with Gasteiger partial charge in [0.2, 0.25) is 0 Å². The molecular formula is C15H20N2OS. The van der Waals surface area contributed by atoms with Crippen LogP contribution >= 0.6 is 11.5 Å². The van der Waals surface area contributed by atoms with Gasteiger partial charge in [-0.25, -0.2) is 0 Å². The number of benzene rings is 1. The van der Waals surface area contributed by atoms with Gasteiger partial charge < -0.3 is 5.11 Å². The van der Waals surface area contributed by atoms with Crippen molar-refractivity contribution in [1.29, 1.82) is 0 Å². The third kappa shape index (κ3) is 3.01. The Labute approximate surface area is 118 Å². The van der Waals surface area contributed by atoms with Crippen molar-refractivity contribution in [2.75, 3.05) is 0 Å². The summed E-state index contributed by atoms with van der Waals surface area (Å²) in [5.41, 5.74) is 2.94. The minimum Gasteiger partial charge on any atom is -0.383 e. The van der Waals surface area contributed by atoms with Gasteiger partial charge in [0.05, 0.1) is 10.6 Å². The standard InChI is InChI=1S/C15H20N2OS/c1-5-10-6-8-11(9-7-10)12(18)13-14(15(2,3)4)16-17-19-13/h6-9,12,18H,5H2,1-4H3. The van der Waals surface area contributed by atoms with E-state index in [1.54, 1.807) is 0 Å². The summed E-state index contributed by atoms with van der Waals surface area (Å²) in [6.07, 6.45) is 0.367. The predicted molar refractivity (Wildman–Crippen MR) is 78.5 cm³/mol. The number of aliphatic hydroxyl groups is 1. The van der Waals surface area contributed by atoms with E-state index in [0.717, 1.165) is 22.6 Å². The minimum absolute atomic E-state index is 0.104. The van der Waals surface area contributed by atoms with E-state index in [-0.39, 0.29) is 5.41 Å². The van der Waals surface area contributed by atoms with Crippen molar-refractivity contribution in [3.8, 4) is 0 Å². The van der Waals surface area contributed by atoms with Gasteiger partial charge in [-0.1, -0.05) is 56.4 Å². The summed E-state index contributed by atoms with van der Waals surface area (Å²) in [6.45, 7) is 8.37. The van der Waals surface area contributed by atoms with E-state index >= 15 is 0 Å². The Morgan fingerprint density at radius 3 is 2.37 bits per heavy atom. The van der Waals surface area contributed by atoms with E-state index in [9.17, 15) is 5.11 Å². The first-order valence-corrected chi connectivity index (χ1v) is 7.30. The molecule has 2 rings (SSSR count). The molecule has 0 amide bonds. The normalized spacial score (nSPS) is 13.5. The van der Waals surface area contributed by atoms with Gasteiger partial charge in [-0.15, -0.1) is 5.10 Å². The Morgan fingerprint density at radius 2 is 1.84 bits per heavy atom. The maximum atomic E-state index is 10.5. The van der Waals surface area contributed by atoms with E-state index in [0.29, 0.717) is 0 Å². The molecule has 0 bridgehead atoms. The third-order valence-corrected chi connectivity index (χ3v) is 3.95. The molecule has 0 aliphatic rings. The molecule has 0 aliphatic heterocycles. The van der Waals surface area contributed by atoms with Crippen LogP contribution in [0.4, 0.5) is 0 Å². The second-order valence-corrected chi connectivity index (χ2v) is 6.52. The van der Waals surface area contributed by atoms with Crippen LogP contribution in [0.3, 0.4) is 0 Å². The lowest BCUT2D eigenvalue weighted by atomic mass is 9.89. The SMILES string of the molecule is CCc1ccc(C(O)c2snnc2C(C)(C)C)cc1. The second kappa shape index (κ2) is 5.39. The van der Waals surface area contributed by atoms with Gasteiger partial charge >= 0.3 is 0 Å². The number of hydrogen-bond acceptors (Lipinski definition) is 4. The van der Waals surface area contributed by atoms with E-state index in [1.165, 1.54) is 17.1 Å². The maximum absolute atomic E-state index is 10.5. The van der Waals surface area contributed by atoms with Crippen molar-refractivity contribution in [3.05, 3.63) is 46.0 Å². The highest BCUT2D eigenvalue weighted by molar-refractivity contribution is 7.05. The van der Waals surface area contributed by atoms with E-state index in [4.69, 9.17) is 0 Å². The largest absolute Gasteiger partial charge is 0.383 e. The highest BCUT2D eigenvalue weighted by Gasteiger charge is 2.26. The summed E-state index contributed by atoms with van der Waals surface area (Å²) in [6, 6.07) is 8.08. The van der Waals surface area contributed by atoms with Crippen molar-refractivity contribution in [1.82, 2.24) is 9.59 Å². The zero-order chi connectivity index (χ0) is 14.0. The quantitative estimate of drug-likeness (QED) is 0.933. The monoisotopic (exact) mass is 276 g/mol. The molecule has 1 N–H and O–H groups in total. The van der Waals surface area contributed by atoms with Crippen molar-refractivity contribution in [3.63, 3.8) is 0 Å². The molecule has 3 nitrogen and oxygen atoms in total. The van der Waals surface area contributed by atoms with E-state index in [2.05, 4.69) is 49.4 Å². The first-order chi connectivity index (χ1) is 8.93. The van der Waals surface area contributed by atoms with Crippen LogP contribution in [-0.4, -0.2) is 14.7 Å². The highest BCUT2D eigenvalue weighted by Crippen LogP contribution is 2.33. The van der Waals surface area contributed by atoms with Gasteiger partial charge in [0, 0.05) is 5.41 Å². The van der Waals surface area contributed by atoms with Crippen molar-refractivity contribution in [2.45, 2.75) is 45.6 Å². The van der Waals surface area contributed by atoms with Crippen LogP contribution in [0, 0.1) is 0 Å². The zero-order valence-electron chi connectivity index (χ0n) is 11.8. The van der Waals surface area contributed by atoms with Gasteiger partial charge in [-0.05, 0) is 29.1 Å². The summed E-state index contributed by atoms with van der Waals surface area (Å²) < 4.78 is 4.00. The molecule has 0 fully saturated rings. The van der Waals surface area contributed by atoms with E-state index in [1.807, 2.05) is 12.1 Å². The molecule has 1 atom stereocenters. The molecule has 0 spiro atoms. The van der Waals surface area contributed by atoms with Crippen LogP contribution in [0.5, 0.6) is 0 Å². The highest BCUT2D eigenvalue weighted by atomic mass is 32.1. The number of aryl methyl sites for hydroxylation is 1. The Hall–Kier alpha value is -1.26. The summed E-state index contributed by atoms with van der Waals surface area (Å²) in [5, 5.41) is 14.7. The van der Waals surface area contributed by atoms with Crippen LogP contribution in [0.1, 0.15) is 55.5 Å². The lowest BCUT2D eigenvalue weighted by molar-refractivity contribution is 0.221. The number of aliphatic hydroxyl groups excluding tert-OH is 1. The number of nitrogens with zero attached hydrogens (tertiary/aromatic N) is 2. The Balaban J connectivity index is 2.33. The lowest BCUT2D eigenvalue weighted by Gasteiger charge is -2.19. The summed E-state index contributed by atoms with van der Waals surface area (Å²) in [4.78, 5) is 0.844. The summed E-state index contributed by atoms with van der Waals surface area (Å²) in [5.74, 6) is 0. The molecule has 1 aromatic carbocycles. The van der Waals surface area contributed by atoms with E-state index < -0.39 is 6.10 Å². The predicted octanol–water partition coefficient (Wildman–Crippen LogP) is 3.48. The first kappa shape index (κ1) is 14.2. The molecule has 0 aliphatic carbocycles. The molecular weight excluding hydrogens is 256 g/mol. The lowest BCUT2D eigenvalue weighted by Crippen LogP contribution is -2.16. The van der Waals surface area contributed by atoms with Gasteiger partial charge in [0.15, 0.2) is 0 Å². The summed E-state index contributed by atoms with van der Waals surface area (Å²) >= 11 is 1.28. The average molecular weight is 276 g/mol. The molecule has 4 heteroatoms. The average Bonchev–Trinajstić information content (AvgIpc) is 2.87. The zero-order valence-corrected chi connectivity index (χ0v) is 12.7. The fraction of sp³-hybridized carbons (Fsp3) is 0.467. The van der Waals surface area contributed by atoms with Gasteiger partial charge in [0.1, 0.15) is 6.10 Å². The second-order valence-electron chi connectivity index (χ2n) is 5.73. The summed E-state index contributed by atoms with van der Waals surface area (Å²) in [7, 11) is 0. The van der Waals surface area contributed by atoms with Crippen molar-refractivity contribution >= 4 is 11.5 Å². The van der Waals surface area contributed by atoms with Crippen LogP contribution in [0.15, 0.2) is 24.3 Å². The number of aromatic nitrogens is 2. The minimum atomic E-state index is -0.639. The molecule has 1 aromatic heterocycles. The molecule has 0 radical (unpaired) electrons. The Bertz CT molecular complexity index is 540. The Morgan fingerprint density at radius 1 is 1.21 bits per heavy atom. The van der Waals surface area contributed by atoms with Gasteiger partial charge in [-0.2, -0.15) is 0 Å². The number of hydrogen-bond donors (Lipinski definition) is 1. The molecule has 0 saturated carbocycles. The van der Waals surface area contributed by atoms with Crippen molar-refractivity contribution < 1.29 is 5.11 Å². The fourth-order valence-corrected chi connectivity index (χ4v) is 2.86. The third-order valence-electron chi connectivity index (χ3n) is 3.18. The van der Waals surface area contributed by atoms with Gasteiger partial charge in [0.25, 0.3) is 0 Å². The van der Waals surface area contributed by atoms with Crippen molar-refractivity contribution in [2.24, 2.45) is 0 Å². The maximum Gasteiger partial charge on any atom is 0.117 e. The van der Waals surface area contributed by atoms with Crippen LogP contribution in [-0.2, 0) is 11.8 Å². The molecule has 1 unspecified atom stereocenters. The Kier molecular flexibility index (Phi) is 4.02.